The monoisotopic (exact) mass is 368 g/mol. The molecule has 6 unspecified atom stereocenters. The van der Waals surface area contributed by atoms with E-state index in [2.05, 4.69) is 0 Å². The van der Waals surface area contributed by atoms with Gasteiger partial charge in [-0.15, -0.1) is 0 Å². The average Bonchev–Trinajstić information content (AvgIpc) is 2.82. The Bertz CT molecular complexity index is 911. The van der Waals surface area contributed by atoms with E-state index < -0.39 is 17.3 Å². The van der Waals surface area contributed by atoms with Gasteiger partial charge in [0.25, 0.3) is 0 Å². The minimum absolute atomic E-state index is 0.00219. The maximum atomic E-state index is 13.4. The van der Waals surface area contributed by atoms with Crippen LogP contribution in [0.5, 0.6) is 11.5 Å². The van der Waals surface area contributed by atoms with Gasteiger partial charge in [-0.05, 0) is 45.4 Å². The smallest absolute Gasteiger partial charge is 0.176 e. The van der Waals surface area contributed by atoms with Crippen LogP contribution in [0, 0.1) is 11.8 Å². The van der Waals surface area contributed by atoms with Crippen LogP contribution >= 0.6 is 0 Å². The molecule has 2 N–H and O–H groups in total. The molecule has 6 rings (SSSR count). The number of aliphatic hydroxyl groups is 1. The number of benzene rings is 1. The molecule has 4 bridgehead atoms. The summed E-state index contributed by atoms with van der Waals surface area (Å²) < 4.78 is 13.0. The zero-order valence-corrected chi connectivity index (χ0v) is 15.7. The van der Waals surface area contributed by atoms with E-state index in [1.807, 2.05) is 32.9 Å². The number of aliphatic hydroxyl groups excluding tert-OH is 1. The van der Waals surface area contributed by atoms with Gasteiger partial charge in [0.15, 0.2) is 17.0 Å². The van der Waals surface area contributed by atoms with Crippen molar-refractivity contribution in [1.82, 2.24) is 0 Å². The molecule has 27 heavy (non-hydrogen) atoms. The Labute approximate surface area is 158 Å². The predicted molar refractivity (Wildman–Crippen MR) is 98.4 cm³/mol. The molecule has 2 aliphatic heterocycles. The number of fused-ring (bicyclic) bond motifs is 1. The fourth-order valence-corrected chi connectivity index (χ4v) is 5.67. The van der Waals surface area contributed by atoms with Crippen molar-refractivity contribution in [2.75, 3.05) is 0 Å². The standard InChI is InChI=1S/C22H24O5/c1-11(2)6-7-21-20(25)13-8-16(12(3)26-21)22(21)17(9-13)19(24)15-10-14(23)4-5-18(15)27-22/h4-6,9-10,12-13,16,19,23-24H,7-8H2,1-3H3. The van der Waals surface area contributed by atoms with Crippen LogP contribution in [-0.2, 0) is 9.53 Å². The number of carbonyl (C=O) groups is 1. The molecular formula is C22H24O5. The van der Waals surface area contributed by atoms with Crippen LogP contribution < -0.4 is 4.74 Å². The molecule has 2 fully saturated rings. The van der Waals surface area contributed by atoms with E-state index in [9.17, 15) is 15.0 Å². The number of phenolic OH excluding ortho intramolecular Hbond substituents is 1. The second-order valence-corrected chi connectivity index (χ2v) is 8.53. The summed E-state index contributed by atoms with van der Waals surface area (Å²) in [6.07, 6.45) is 3.97. The molecule has 5 nitrogen and oxygen atoms in total. The van der Waals surface area contributed by atoms with E-state index in [0.717, 1.165) is 5.57 Å². The molecule has 1 saturated carbocycles. The largest absolute Gasteiger partial charge is 0.508 e. The number of rotatable bonds is 2. The first-order valence-corrected chi connectivity index (χ1v) is 9.58. The Morgan fingerprint density at radius 1 is 1.37 bits per heavy atom. The van der Waals surface area contributed by atoms with Crippen LogP contribution in [0.1, 0.15) is 45.3 Å². The maximum absolute atomic E-state index is 13.4. The van der Waals surface area contributed by atoms with E-state index >= 15 is 0 Å². The molecule has 0 aromatic heterocycles. The van der Waals surface area contributed by atoms with Gasteiger partial charge in [0.2, 0.25) is 0 Å². The summed E-state index contributed by atoms with van der Waals surface area (Å²) in [4.78, 5) is 13.4. The van der Waals surface area contributed by atoms with Gasteiger partial charge in [0, 0.05) is 29.4 Å². The van der Waals surface area contributed by atoms with Crippen LogP contribution in [0.15, 0.2) is 41.5 Å². The Morgan fingerprint density at radius 3 is 2.89 bits per heavy atom. The molecule has 2 heterocycles. The zero-order valence-electron chi connectivity index (χ0n) is 15.7. The van der Waals surface area contributed by atoms with E-state index in [0.29, 0.717) is 29.7 Å². The van der Waals surface area contributed by atoms with Gasteiger partial charge in [-0.25, -0.2) is 0 Å². The molecule has 5 heteroatoms. The molecule has 142 valence electrons. The molecule has 1 spiro atoms. The van der Waals surface area contributed by atoms with E-state index in [1.165, 1.54) is 6.07 Å². The molecular weight excluding hydrogens is 344 g/mol. The van der Waals surface area contributed by atoms with Gasteiger partial charge < -0.3 is 19.7 Å². The summed E-state index contributed by atoms with van der Waals surface area (Å²) in [5.41, 5.74) is 0.261. The molecule has 3 aliphatic carbocycles. The lowest BCUT2D eigenvalue weighted by atomic mass is 9.52. The SMILES string of the molecule is CC(C)=CCC12OC(C)C3CC(C=C4C(O)c5cc(O)ccc5OC431)C2=O. The fraction of sp³-hybridized carbons (Fsp3) is 0.500. The summed E-state index contributed by atoms with van der Waals surface area (Å²) in [5.74, 6) is 0.382. The second kappa shape index (κ2) is 5.24. The van der Waals surface area contributed by atoms with E-state index in [4.69, 9.17) is 9.47 Å². The van der Waals surface area contributed by atoms with E-state index in [-0.39, 0.29) is 29.5 Å². The van der Waals surface area contributed by atoms with Crippen LogP contribution in [0.25, 0.3) is 0 Å². The van der Waals surface area contributed by atoms with Crippen LogP contribution in [0.3, 0.4) is 0 Å². The Kier molecular flexibility index (Phi) is 3.30. The third-order valence-electron chi connectivity index (χ3n) is 6.78. The molecule has 6 atom stereocenters. The lowest BCUT2D eigenvalue weighted by Gasteiger charge is -2.57. The fourth-order valence-electron chi connectivity index (χ4n) is 5.67. The van der Waals surface area contributed by atoms with Crippen LogP contribution in [-0.4, -0.2) is 33.3 Å². The first-order chi connectivity index (χ1) is 12.8. The summed E-state index contributed by atoms with van der Waals surface area (Å²) in [6, 6.07) is 4.75. The van der Waals surface area contributed by atoms with Crippen molar-refractivity contribution < 1.29 is 24.5 Å². The van der Waals surface area contributed by atoms with Gasteiger partial charge in [-0.3, -0.25) is 4.79 Å². The maximum Gasteiger partial charge on any atom is 0.176 e. The highest BCUT2D eigenvalue weighted by molar-refractivity contribution is 5.97. The summed E-state index contributed by atoms with van der Waals surface area (Å²) in [7, 11) is 0. The minimum atomic E-state index is -1.11. The highest BCUT2D eigenvalue weighted by atomic mass is 16.6. The van der Waals surface area contributed by atoms with Crippen molar-refractivity contribution in [1.29, 1.82) is 0 Å². The number of ether oxygens (including phenoxy) is 2. The van der Waals surface area contributed by atoms with Crippen molar-refractivity contribution in [3.8, 4) is 11.5 Å². The van der Waals surface area contributed by atoms with Crippen LogP contribution in [0.4, 0.5) is 0 Å². The molecule has 0 amide bonds. The van der Waals surface area contributed by atoms with Crippen molar-refractivity contribution in [2.45, 2.75) is 57.0 Å². The third-order valence-corrected chi connectivity index (χ3v) is 6.78. The lowest BCUT2D eigenvalue weighted by molar-refractivity contribution is -0.171. The normalized spacial score (nSPS) is 40.7. The Balaban J connectivity index is 1.76. The number of hydrogen-bond acceptors (Lipinski definition) is 5. The molecule has 0 radical (unpaired) electrons. The lowest BCUT2D eigenvalue weighted by Crippen LogP contribution is -2.71. The van der Waals surface area contributed by atoms with Gasteiger partial charge in [-0.1, -0.05) is 17.7 Å². The molecule has 1 aromatic carbocycles. The van der Waals surface area contributed by atoms with E-state index in [1.54, 1.807) is 12.1 Å². The third kappa shape index (κ3) is 1.89. The van der Waals surface area contributed by atoms with Crippen molar-refractivity contribution >= 4 is 5.78 Å². The number of allylic oxidation sites excluding steroid dienone is 2. The number of aromatic hydroxyl groups is 1. The highest BCUT2D eigenvalue weighted by Gasteiger charge is 2.78. The number of Topliss-reactive ketones (excluding diaryl/α,β-unsaturated/α-hetero) is 1. The first kappa shape index (κ1) is 17.0. The topological polar surface area (TPSA) is 76.0 Å². The Hall–Kier alpha value is -2.11. The highest BCUT2D eigenvalue weighted by Crippen LogP contribution is 2.66. The van der Waals surface area contributed by atoms with Crippen molar-refractivity contribution in [2.24, 2.45) is 11.8 Å². The second-order valence-electron chi connectivity index (χ2n) is 8.53. The van der Waals surface area contributed by atoms with Crippen LogP contribution in [0.2, 0.25) is 0 Å². The number of ketones is 1. The van der Waals surface area contributed by atoms with Crippen molar-refractivity contribution in [3.63, 3.8) is 0 Å². The average molecular weight is 368 g/mol. The van der Waals surface area contributed by atoms with Gasteiger partial charge >= 0.3 is 0 Å². The number of hydrogen-bond donors (Lipinski definition) is 2. The quantitative estimate of drug-likeness (QED) is 0.784. The number of carbonyl (C=O) groups excluding carboxylic acids is 1. The first-order valence-electron chi connectivity index (χ1n) is 9.58. The summed E-state index contributed by atoms with van der Waals surface area (Å²) in [6.45, 7) is 6.00. The minimum Gasteiger partial charge on any atom is -0.508 e. The molecule has 5 aliphatic rings. The Morgan fingerprint density at radius 2 is 2.15 bits per heavy atom. The van der Waals surface area contributed by atoms with Gasteiger partial charge in [0.1, 0.15) is 17.6 Å². The predicted octanol–water partition coefficient (Wildman–Crippen LogP) is 3.22. The van der Waals surface area contributed by atoms with Gasteiger partial charge in [0.05, 0.1) is 6.10 Å². The molecule has 1 aromatic rings. The zero-order chi connectivity index (χ0) is 19.1. The summed E-state index contributed by atoms with van der Waals surface area (Å²) in [5, 5.41) is 21.0. The van der Waals surface area contributed by atoms with Crippen molar-refractivity contribution in [3.05, 3.63) is 47.1 Å². The number of phenols is 1. The molecule has 1 saturated heterocycles. The van der Waals surface area contributed by atoms with Gasteiger partial charge in [-0.2, -0.15) is 0 Å². The summed E-state index contributed by atoms with van der Waals surface area (Å²) >= 11 is 0.